The van der Waals surface area contributed by atoms with E-state index in [1.165, 1.54) is 19.3 Å². The fourth-order valence-corrected chi connectivity index (χ4v) is 4.27. The van der Waals surface area contributed by atoms with Crippen LogP contribution in [0.15, 0.2) is 34.0 Å². The predicted octanol–water partition coefficient (Wildman–Crippen LogP) is 3.67. The normalized spacial score (nSPS) is 16.6. The van der Waals surface area contributed by atoms with Crippen molar-refractivity contribution in [2.75, 3.05) is 0 Å². The molecule has 1 aliphatic rings. The largest absolute Gasteiger partial charge is 0.506 e. The van der Waals surface area contributed by atoms with Crippen LogP contribution in [-0.2, 0) is 7.05 Å². The first-order chi connectivity index (χ1) is 9.68. The molecule has 1 aromatic heterocycles. The van der Waals surface area contributed by atoms with Crippen molar-refractivity contribution in [1.29, 1.82) is 0 Å². The number of fused-ring (bicyclic) bond motifs is 1. The molecule has 1 aromatic carbocycles. The average molecular weight is 289 g/mol. The lowest BCUT2D eigenvalue weighted by Crippen LogP contribution is -2.20. The summed E-state index contributed by atoms with van der Waals surface area (Å²) in [7, 11) is 1.77. The molecule has 106 valence electrons. The minimum Gasteiger partial charge on any atom is -0.506 e. The van der Waals surface area contributed by atoms with Crippen molar-refractivity contribution in [2.24, 2.45) is 7.05 Å². The van der Waals surface area contributed by atoms with Gasteiger partial charge in [-0.3, -0.25) is 4.79 Å². The molecule has 2 aromatic rings. The third-order valence-electron chi connectivity index (χ3n) is 4.07. The monoisotopic (exact) mass is 289 g/mol. The zero-order chi connectivity index (χ0) is 14.1. The van der Waals surface area contributed by atoms with Gasteiger partial charge in [0.1, 0.15) is 10.6 Å². The van der Waals surface area contributed by atoms with E-state index in [1.54, 1.807) is 23.4 Å². The van der Waals surface area contributed by atoms with Crippen LogP contribution >= 0.6 is 11.8 Å². The number of benzene rings is 1. The summed E-state index contributed by atoms with van der Waals surface area (Å²) in [4.78, 5) is 13.0. The van der Waals surface area contributed by atoms with E-state index in [1.807, 2.05) is 24.3 Å². The van der Waals surface area contributed by atoms with E-state index >= 15 is 0 Å². The smallest absolute Gasteiger partial charge is 0.268 e. The third kappa shape index (κ3) is 2.33. The molecule has 1 fully saturated rings. The molecule has 0 amide bonds. The Bertz CT molecular complexity index is 687. The third-order valence-corrected chi connectivity index (χ3v) is 5.48. The van der Waals surface area contributed by atoms with Crippen molar-refractivity contribution in [3.8, 4) is 5.75 Å². The van der Waals surface area contributed by atoms with E-state index in [0.717, 1.165) is 23.7 Å². The van der Waals surface area contributed by atoms with Crippen molar-refractivity contribution in [3.05, 3.63) is 34.6 Å². The highest BCUT2D eigenvalue weighted by Gasteiger charge is 2.21. The molecule has 3 nitrogen and oxygen atoms in total. The van der Waals surface area contributed by atoms with Crippen molar-refractivity contribution in [3.63, 3.8) is 0 Å². The summed E-state index contributed by atoms with van der Waals surface area (Å²) in [6.07, 6.45) is 6.03. The SMILES string of the molecule is Cn1c(=O)c(SC2CCCCC2)c(O)c2ccccc21. The lowest BCUT2D eigenvalue weighted by Gasteiger charge is -2.21. The van der Waals surface area contributed by atoms with Gasteiger partial charge in [0.2, 0.25) is 0 Å². The summed E-state index contributed by atoms with van der Waals surface area (Å²) >= 11 is 1.56. The van der Waals surface area contributed by atoms with Gasteiger partial charge < -0.3 is 9.67 Å². The molecule has 3 rings (SSSR count). The Morgan fingerprint density at radius 2 is 1.90 bits per heavy atom. The summed E-state index contributed by atoms with van der Waals surface area (Å²) in [6, 6.07) is 7.51. The van der Waals surface area contributed by atoms with Crippen LogP contribution in [0.5, 0.6) is 5.75 Å². The zero-order valence-electron chi connectivity index (χ0n) is 11.6. The van der Waals surface area contributed by atoms with Crippen LogP contribution in [0.25, 0.3) is 10.9 Å². The van der Waals surface area contributed by atoms with Crippen molar-refractivity contribution in [2.45, 2.75) is 42.2 Å². The predicted molar refractivity (Wildman–Crippen MR) is 83.6 cm³/mol. The van der Waals surface area contributed by atoms with Gasteiger partial charge in [0.15, 0.2) is 0 Å². The molecule has 1 N–H and O–H groups in total. The second kappa shape index (κ2) is 5.52. The highest BCUT2D eigenvalue weighted by atomic mass is 32.2. The molecule has 0 spiro atoms. The molecule has 0 radical (unpaired) electrons. The molecule has 20 heavy (non-hydrogen) atoms. The Morgan fingerprint density at radius 3 is 2.65 bits per heavy atom. The second-order valence-corrected chi connectivity index (χ2v) is 6.75. The first-order valence-corrected chi connectivity index (χ1v) is 8.04. The number of para-hydroxylation sites is 1. The topological polar surface area (TPSA) is 42.2 Å². The van der Waals surface area contributed by atoms with Gasteiger partial charge in [-0.25, -0.2) is 0 Å². The Kier molecular flexibility index (Phi) is 3.74. The van der Waals surface area contributed by atoms with Crippen LogP contribution in [0, 0.1) is 0 Å². The van der Waals surface area contributed by atoms with Crippen LogP contribution in [0.3, 0.4) is 0 Å². The molecule has 0 bridgehead atoms. The zero-order valence-corrected chi connectivity index (χ0v) is 12.4. The maximum atomic E-state index is 12.5. The number of aromatic nitrogens is 1. The quantitative estimate of drug-likeness (QED) is 0.917. The fourth-order valence-electron chi connectivity index (χ4n) is 2.91. The molecule has 0 aliphatic heterocycles. The fraction of sp³-hybridized carbons (Fsp3) is 0.438. The Labute approximate surface area is 122 Å². The standard InChI is InChI=1S/C16H19NO2S/c1-17-13-10-6-5-9-12(13)14(18)15(16(17)19)20-11-7-3-2-4-8-11/h5-6,9-11,18H,2-4,7-8H2,1H3. The Morgan fingerprint density at radius 1 is 1.20 bits per heavy atom. The highest BCUT2D eigenvalue weighted by molar-refractivity contribution is 8.00. The molecule has 4 heteroatoms. The van der Waals surface area contributed by atoms with Crippen LogP contribution in [0.2, 0.25) is 0 Å². The summed E-state index contributed by atoms with van der Waals surface area (Å²) in [6.45, 7) is 0. The molecule has 0 saturated heterocycles. The molecule has 1 heterocycles. The van der Waals surface area contributed by atoms with E-state index in [0.29, 0.717) is 10.1 Å². The van der Waals surface area contributed by atoms with E-state index < -0.39 is 0 Å². The number of nitrogens with zero attached hydrogens (tertiary/aromatic N) is 1. The minimum absolute atomic E-state index is 0.0863. The van der Waals surface area contributed by atoms with Gasteiger partial charge in [-0.15, -0.1) is 11.8 Å². The van der Waals surface area contributed by atoms with Gasteiger partial charge in [-0.1, -0.05) is 31.4 Å². The number of aromatic hydroxyl groups is 1. The molecular formula is C16H19NO2S. The van der Waals surface area contributed by atoms with E-state index in [-0.39, 0.29) is 11.3 Å². The molecule has 1 aliphatic carbocycles. The first kappa shape index (κ1) is 13.6. The van der Waals surface area contributed by atoms with E-state index in [4.69, 9.17) is 0 Å². The lowest BCUT2D eigenvalue weighted by molar-refractivity contribution is 0.463. The maximum Gasteiger partial charge on any atom is 0.268 e. The van der Waals surface area contributed by atoms with Gasteiger partial charge in [-0.05, 0) is 25.0 Å². The minimum atomic E-state index is -0.0863. The summed E-state index contributed by atoms with van der Waals surface area (Å²) in [5.41, 5.74) is 0.694. The summed E-state index contributed by atoms with van der Waals surface area (Å²) in [5, 5.41) is 11.7. The van der Waals surface area contributed by atoms with Crippen LogP contribution < -0.4 is 5.56 Å². The average Bonchev–Trinajstić information content (AvgIpc) is 2.50. The lowest BCUT2D eigenvalue weighted by atomic mass is 10.0. The van der Waals surface area contributed by atoms with Crippen molar-refractivity contribution in [1.82, 2.24) is 4.57 Å². The number of rotatable bonds is 2. The molecule has 1 saturated carbocycles. The van der Waals surface area contributed by atoms with Gasteiger partial charge in [0, 0.05) is 17.7 Å². The van der Waals surface area contributed by atoms with E-state index in [2.05, 4.69) is 0 Å². The Hall–Kier alpha value is -1.42. The number of aryl methyl sites for hydroxylation is 1. The highest BCUT2D eigenvalue weighted by Crippen LogP contribution is 2.38. The van der Waals surface area contributed by atoms with Crippen LogP contribution in [0.4, 0.5) is 0 Å². The van der Waals surface area contributed by atoms with Gasteiger partial charge in [0.25, 0.3) is 5.56 Å². The first-order valence-electron chi connectivity index (χ1n) is 7.16. The number of hydrogen-bond donors (Lipinski definition) is 1. The van der Waals surface area contributed by atoms with Crippen LogP contribution in [0.1, 0.15) is 32.1 Å². The van der Waals surface area contributed by atoms with Gasteiger partial charge >= 0.3 is 0 Å². The molecule has 0 atom stereocenters. The van der Waals surface area contributed by atoms with Gasteiger partial charge in [-0.2, -0.15) is 0 Å². The summed E-state index contributed by atoms with van der Waals surface area (Å²) in [5.74, 6) is 0.152. The van der Waals surface area contributed by atoms with Crippen LogP contribution in [-0.4, -0.2) is 14.9 Å². The van der Waals surface area contributed by atoms with Crippen molar-refractivity contribution >= 4 is 22.7 Å². The summed E-state index contributed by atoms with van der Waals surface area (Å²) < 4.78 is 1.64. The second-order valence-electron chi connectivity index (χ2n) is 5.44. The number of hydrogen-bond acceptors (Lipinski definition) is 3. The van der Waals surface area contributed by atoms with Crippen molar-refractivity contribution < 1.29 is 5.11 Å². The molecule has 0 unspecified atom stereocenters. The molecular weight excluding hydrogens is 270 g/mol. The number of pyridine rings is 1. The van der Waals surface area contributed by atoms with E-state index in [9.17, 15) is 9.90 Å². The Balaban J connectivity index is 2.08. The van der Waals surface area contributed by atoms with Gasteiger partial charge in [0.05, 0.1) is 5.52 Å². The maximum absolute atomic E-state index is 12.5. The number of thioether (sulfide) groups is 1.